The maximum absolute atomic E-state index is 11.2. The molecule has 0 spiro atoms. The Morgan fingerprint density at radius 2 is 2.25 bits per heavy atom. The van der Waals surface area contributed by atoms with Crippen molar-refractivity contribution in [2.24, 2.45) is 17.8 Å². The number of allylic oxidation sites excluding steroid dienone is 1. The molecule has 1 heterocycles. The highest BCUT2D eigenvalue weighted by Gasteiger charge is 2.44. The molecule has 1 fully saturated rings. The highest BCUT2D eigenvalue weighted by molar-refractivity contribution is 5.75. The first-order valence-electron chi connectivity index (χ1n) is 4.57. The average molecular weight is 166 g/mol. The van der Waals surface area contributed by atoms with Gasteiger partial charge in [0.05, 0.1) is 5.92 Å². The zero-order valence-corrected chi connectivity index (χ0v) is 7.49. The van der Waals surface area contributed by atoms with E-state index in [0.29, 0.717) is 11.8 Å². The van der Waals surface area contributed by atoms with E-state index in [4.69, 9.17) is 4.74 Å². The molecule has 2 aliphatic rings. The van der Waals surface area contributed by atoms with Crippen LogP contribution in [0.3, 0.4) is 0 Å². The predicted octanol–water partition coefficient (Wildman–Crippen LogP) is 1.76. The Morgan fingerprint density at radius 3 is 2.92 bits per heavy atom. The van der Waals surface area contributed by atoms with E-state index in [9.17, 15) is 4.79 Å². The molecule has 4 atom stereocenters. The summed E-state index contributed by atoms with van der Waals surface area (Å²) < 4.78 is 5.22. The van der Waals surface area contributed by atoms with Crippen LogP contribution in [-0.2, 0) is 9.53 Å². The first kappa shape index (κ1) is 7.84. The van der Waals surface area contributed by atoms with Crippen LogP contribution < -0.4 is 0 Å². The van der Waals surface area contributed by atoms with Gasteiger partial charge >= 0.3 is 5.97 Å². The number of esters is 1. The molecule has 12 heavy (non-hydrogen) atoms. The molecule has 0 unspecified atom stereocenters. The molecule has 2 nitrogen and oxygen atoms in total. The van der Waals surface area contributed by atoms with E-state index in [1.54, 1.807) is 0 Å². The van der Waals surface area contributed by atoms with E-state index in [1.165, 1.54) is 0 Å². The van der Waals surface area contributed by atoms with Gasteiger partial charge in [-0.1, -0.05) is 19.9 Å². The smallest absolute Gasteiger partial charge is 0.309 e. The lowest BCUT2D eigenvalue weighted by Crippen LogP contribution is -2.27. The minimum atomic E-state index is -0.0246. The van der Waals surface area contributed by atoms with E-state index in [1.807, 2.05) is 13.0 Å². The molecule has 0 aromatic rings. The van der Waals surface area contributed by atoms with Gasteiger partial charge in [-0.25, -0.2) is 0 Å². The molecule has 2 heteroatoms. The quantitative estimate of drug-likeness (QED) is 0.405. The summed E-state index contributed by atoms with van der Waals surface area (Å²) in [4.78, 5) is 11.2. The van der Waals surface area contributed by atoms with Gasteiger partial charge in [-0.15, -0.1) is 0 Å². The van der Waals surface area contributed by atoms with Crippen molar-refractivity contribution in [3.05, 3.63) is 12.2 Å². The Morgan fingerprint density at radius 1 is 1.50 bits per heavy atom. The highest BCUT2D eigenvalue weighted by atomic mass is 16.6. The molecule has 0 bridgehead atoms. The van der Waals surface area contributed by atoms with Gasteiger partial charge in [0.25, 0.3) is 0 Å². The van der Waals surface area contributed by atoms with Crippen LogP contribution in [0.5, 0.6) is 0 Å². The highest BCUT2D eigenvalue weighted by Crippen LogP contribution is 2.38. The van der Waals surface area contributed by atoms with Crippen LogP contribution in [-0.4, -0.2) is 12.1 Å². The number of carbonyl (C=O) groups excluding carboxylic acids is 1. The van der Waals surface area contributed by atoms with Gasteiger partial charge in [0.1, 0.15) is 6.10 Å². The van der Waals surface area contributed by atoms with Crippen LogP contribution in [0.1, 0.15) is 20.3 Å². The van der Waals surface area contributed by atoms with Gasteiger partial charge in [0, 0.05) is 5.92 Å². The maximum Gasteiger partial charge on any atom is 0.309 e. The van der Waals surface area contributed by atoms with Gasteiger partial charge in [-0.2, -0.15) is 0 Å². The third kappa shape index (κ3) is 0.977. The Hall–Kier alpha value is -0.790. The summed E-state index contributed by atoms with van der Waals surface area (Å²) in [7, 11) is 0. The van der Waals surface area contributed by atoms with Gasteiger partial charge in [0.2, 0.25) is 0 Å². The van der Waals surface area contributed by atoms with Crippen molar-refractivity contribution in [1.82, 2.24) is 0 Å². The van der Waals surface area contributed by atoms with Crippen LogP contribution >= 0.6 is 0 Å². The van der Waals surface area contributed by atoms with Crippen molar-refractivity contribution in [2.45, 2.75) is 26.4 Å². The average Bonchev–Trinajstić information content (AvgIpc) is 2.29. The molecule has 1 aliphatic carbocycles. The molecule has 2 rings (SSSR count). The number of ether oxygens (including phenoxy) is 1. The lowest BCUT2D eigenvalue weighted by molar-refractivity contribution is -0.142. The maximum atomic E-state index is 11.2. The third-order valence-electron chi connectivity index (χ3n) is 3.07. The number of hydrogen-bond donors (Lipinski definition) is 0. The van der Waals surface area contributed by atoms with E-state index in [2.05, 4.69) is 13.0 Å². The zero-order chi connectivity index (χ0) is 8.72. The molecule has 1 saturated heterocycles. The molecule has 0 aromatic heterocycles. The van der Waals surface area contributed by atoms with Crippen LogP contribution in [0.2, 0.25) is 0 Å². The lowest BCUT2D eigenvalue weighted by atomic mass is 9.77. The molecular formula is C10H14O2. The first-order chi connectivity index (χ1) is 5.70. The van der Waals surface area contributed by atoms with Crippen LogP contribution in [0.15, 0.2) is 12.2 Å². The third-order valence-corrected chi connectivity index (χ3v) is 3.07. The lowest BCUT2D eigenvalue weighted by Gasteiger charge is -2.26. The molecule has 0 aromatic carbocycles. The van der Waals surface area contributed by atoms with Crippen LogP contribution in [0, 0.1) is 17.8 Å². The van der Waals surface area contributed by atoms with Crippen molar-refractivity contribution in [1.29, 1.82) is 0 Å². The van der Waals surface area contributed by atoms with E-state index in [0.717, 1.165) is 6.42 Å². The predicted molar refractivity (Wildman–Crippen MR) is 45.5 cm³/mol. The van der Waals surface area contributed by atoms with Gasteiger partial charge < -0.3 is 4.74 Å². The normalized spacial score (nSPS) is 45.7. The summed E-state index contributed by atoms with van der Waals surface area (Å²) in [6, 6.07) is 0. The molecular weight excluding hydrogens is 152 g/mol. The fraction of sp³-hybridized carbons (Fsp3) is 0.700. The van der Waals surface area contributed by atoms with Crippen LogP contribution in [0.4, 0.5) is 0 Å². The van der Waals surface area contributed by atoms with E-state index >= 15 is 0 Å². The topological polar surface area (TPSA) is 26.3 Å². The molecule has 1 aliphatic heterocycles. The second kappa shape index (κ2) is 2.61. The zero-order valence-electron chi connectivity index (χ0n) is 7.49. The van der Waals surface area contributed by atoms with Crippen molar-refractivity contribution >= 4 is 5.97 Å². The summed E-state index contributed by atoms with van der Waals surface area (Å²) in [5.74, 6) is 1.07. The standard InChI is InChI=1S/C10H14O2/c1-6-4-3-5-8-9(6)7(2)10(11)12-8/h3,5-9H,4H2,1-2H3/t6-,7-,8-,9-/m0/s1. The Balaban J connectivity index is 2.26. The number of hydrogen-bond acceptors (Lipinski definition) is 2. The molecule has 0 amide bonds. The fourth-order valence-electron chi connectivity index (χ4n) is 2.33. The van der Waals surface area contributed by atoms with Gasteiger partial charge in [-0.3, -0.25) is 4.79 Å². The minimum absolute atomic E-state index is 0.0246. The monoisotopic (exact) mass is 166 g/mol. The summed E-state index contributed by atoms with van der Waals surface area (Å²) in [6.07, 6.45) is 5.31. The van der Waals surface area contributed by atoms with Crippen LogP contribution in [0.25, 0.3) is 0 Å². The molecule has 0 radical (unpaired) electrons. The van der Waals surface area contributed by atoms with E-state index in [-0.39, 0.29) is 18.0 Å². The second-order valence-electron chi connectivity index (χ2n) is 3.91. The van der Waals surface area contributed by atoms with Crippen molar-refractivity contribution in [3.8, 4) is 0 Å². The Kier molecular flexibility index (Phi) is 1.71. The summed E-state index contributed by atoms with van der Waals surface area (Å²) >= 11 is 0. The molecule has 0 saturated carbocycles. The molecule has 66 valence electrons. The summed E-state index contributed by atoms with van der Waals surface area (Å²) in [6.45, 7) is 4.17. The summed E-state index contributed by atoms with van der Waals surface area (Å²) in [5.41, 5.74) is 0. The van der Waals surface area contributed by atoms with Crippen molar-refractivity contribution < 1.29 is 9.53 Å². The largest absolute Gasteiger partial charge is 0.458 e. The number of carbonyl (C=O) groups is 1. The summed E-state index contributed by atoms with van der Waals surface area (Å²) in [5, 5.41) is 0. The number of rotatable bonds is 0. The Labute approximate surface area is 72.6 Å². The van der Waals surface area contributed by atoms with Gasteiger partial charge in [0.15, 0.2) is 0 Å². The first-order valence-corrected chi connectivity index (χ1v) is 4.57. The van der Waals surface area contributed by atoms with E-state index < -0.39 is 0 Å². The fourth-order valence-corrected chi connectivity index (χ4v) is 2.33. The number of fused-ring (bicyclic) bond motifs is 1. The Bertz CT molecular complexity index is 232. The minimum Gasteiger partial charge on any atom is -0.458 e. The molecule has 0 N–H and O–H groups in total. The second-order valence-corrected chi connectivity index (χ2v) is 3.91. The van der Waals surface area contributed by atoms with Crippen molar-refractivity contribution in [3.63, 3.8) is 0 Å². The van der Waals surface area contributed by atoms with Gasteiger partial charge in [-0.05, 0) is 18.4 Å². The van der Waals surface area contributed by atoms with Crippen molar-refractivity contribution in [2.75, 3.05) is 0 Å². The SMILES string of the molecule is C[C@@H]1C(=O)O[C@H]2C=CC[C@H](C)[C@H]21.